The highest BCUT2D eigenvalue weighted by Gasteiger charge is 2.09. The molecule has 0 aliphatic heterocycles. The van der Waals surface area contributed by atoms with Gasteiger partial charge in [0, 0.05) is 20.1 Å². The fourth-order valence-corrected chi connectivity index (χ4v) is 3.84. The molecule has 1 heterocycles. The van der Waals surface area contributed by atoms with E-state index in [4.69, 9.17) is 11.6 Å². The zero-order valence-corrected chi connectivity index (χ0v) is 11.2. The van der Waals surface area contributed by atoms with E-state index in [0.717, 1.165) is 14.8 Å². The minimum atomic E-state index is 0.794. The van der Waals surface area contributed by atoms with Crippen molar-refractivity contribution in [3.63, 3.8) is 0 Å². The molecule has 0 saturated heterocycles. The van der Waals surface area contributed by atoms with Crippen LogP contribution in [0.5, 0.6) is 0 Å². The summed E-state index contributed by atoms with van der Waals surface area (Å²) in [5.74, 6) is 0. The Kier molecular flexibility index (Phi) is 2.98. The van der Waals surface area contributed by atoms with Crippen LogP contribution in [0, 0.1) is 0 Å². The Labute approximate surface area is 102 Å². The maximum atomic E-state index is 6.16. The van der Waals surface area contributed by atoms with Crippen LogP contribution < -0.4 is 0 Å². The first-order valence-corrected chi connectivity index (χ1v) is 6.81. The van der Waals surface area contributed by atoms with Gasteiger partial charge < -0.3 is 0 Å². The first-order valence-electron chi connectivity index (χ1n) is 3.64. The number of alkyl halides is 1. The molecule has 1 aromatic carbocycles. The molecule has 0 atom stereocenters. The van der Waals surface area contributed by atoms with Crippen molar-refractivity contribution in [3.05, 3.63) is 32.6 Å². The minimum Gasteiger partial charge on any atom is -0.143 e. The number of hydrogen-bond acceptors (Lipinski definition) is 1. The SMILES string of the molecule is Clc1c(Br)cc2ccsc2c1CBr. The zero-order valence-electron chi connectivity index (χ0n) is 6.48. The Bertz CT molecular complexity index is 450. The van der Waals surface area contributed by atoms with Crippen molar-refractivity contribution in [1.29, 1.82) is 0 Å². The van der Waals surface area contributed by atoms with E-state index >= 15 is 0 Å². The minimum absolute atomic E-state index is 0.794. The molecule has 0 unspecified atom stereocenters. The number of halogens is 3. The van der Waals surface area contributed by atoms with Gasteiger partial charge in [-0.3, -0.25) is 0 Å². The molecule has 2 aromatic rings. The van der Waals surface area contributed by atoms with Crippen LogP contribution in [0.15, 0.2) is 22.0 Å². The van der Waals surface area contributed by atoms with Crippen molar-refractivity contribution in [1.82, 2.24) is 0 Å². The summed E-state index contributed by atoms with van der Waals surface area (Å²) in [4.78, 5) is 0. The van der Waals surface area contributed by atoms with Gasteiger partial charge in [-0.2, -0.15) is 0 Å². The molecule has 13 heavy (non-hydrogen) atoms. The lowest BCUT2D eigenvalue weighted by atomic mass is 10.2. The molecule has 0 spiro atoms. The highest BCUT2D eigenvalue weighted by molar-refractivity contribution is 9.10. The van der Waals surface area contributed by atoms with Gasteiger partial charge in [-0.15, -0.1) is 11.3 Å². The molecule has 0 N–H and O–H groups in total. The average molecular weight is 340 g/mol. The Morgan fingerprint density at radius 3 is 2.92 bits per heavy atom. The van der Waals surface area contributed by atoms with Gasteiger partial charge in [-0.25, -0.2) is 0 Å². The van der Waals surface area contributed by atoms with E-state index in [9.17, 15) is 0 Å². The Morgan fingerprint density at radius 2 is 2.23 bits per heavy atom. The first kappa shape index (κ1) is 9.97. The summed E-state index contributed by atoms with van der Waals surface area (Å²) in [6, 6.07) is 4.16. The van der Waals surface area contributed by atoms with Crippen LogP contribution in [0.4, 0.5) is 0 Å². The largest absolute Gasteiger partial charge is 0.143 e. The molecular weight excluding hydrogens is 335 g/mol. The summed E-state index contributed by atoms with van der Waals surface area (Å²) < 4.78 is 2.24. The van der Waals surface area contributed by atoms with Crippen LogP contribution in [0.2, 0.25) is 5.02 Å². The Balaban J connectivity index is 2.87. The van der Waals surface area contributed by atoms with Gasteiger partial charge in [-0.05, 0) is 38.8 Å². The summed E-state index contributed by atoms with van der Waals surface area (Å²) in [7, 11) is 0. The molecule has 0 fully saturated rings. The topological polar surface area (TPSA) is 0 Å². The normalized spacial score (nSPS) is 11.0. The lowest BCUT2D eigenvalue weighted by molar-refractivity contribution is 1.49. The fourth-order valence-electron chi connectivity index (χ4n) is 1.24. The summed E-state index contributed by atoms with van der Waals surface area (Å²) in [5.41, 5.74) is 1.17. The predicted octanol–water partition coefficient (Wildman–Crippen LogP) is 5.21. The summed E-state index contributed by atoms with van der Waals surface area (Å²) in [5, 5.41) is 4.93. The lowest BCUT2D eigenvalue weighted by Crippen LogP contribution is -1.81. The number of rotatable bonds is 1. The third kappa shape index (κ3) is 1.67. The van der Waals surface area contributed by atoms with Crippen molar-refractivity contribution < 1.29 is 0 Å². The molecule has 4 heteroatoms. The van der Waals surface area contributed by atoms with Crippen molar-refractivity contribution in [3.8, 4) is 0 Å². The second-order valence-electron chi connectivity index (χ2n) is 2.62. The standard InChI is InChI=1S/C9H5Br2ClS/c10-4-6-8(12)7(11)3-5-1-2-13-9(5)6/h1-3H,4H2. The van der Waals surface area contributed by atoms with E-state index in [1.165, 1.54) is 15.6 Å². The molecule has 0 aliphatic rings. The van der Waals surface area contributed by atoms with Crippen LogP contribution in [0.3, 0.4) is 0 Å². The van der Waals surface area contributed by atoms with Crippen LogP contribution >= 0.6 is 54.8 Å². The van der Waals surface area contributed by atoms with Crippen molar-refractivity contribution in [2.24, 2.45) is 0 Å². The average Bonchev–Trinajstić information content (AvgIpc) is 2.54. The van der Waals surface area contributed by atoms with Crippen molar-refractivity contribution in [2.75, 3.05) is 0 Å². The molecule has 0 saturated carbocycles. The second kappa shape index (κ2) is 3.89. The molecule has 68 valence electrons. The molecule has 0 amide bonds. The summed E-state index contributed by atoms with van der Waals surface area (Å²) >= 11 is 14.8. The molecular formula is C9H5Br2ClS. The van der Waals surface area contributed by atoms with E-state index in [2.05, 4.69) is 49.4 Å². The number of fused-ring (bicyclic) bond motifs is 1. The van der Waals surface area contributed by atoms with Crippen LogP contribution in [-0.4, -0.2) is 0 Å². The molecule has 1 aromatic heterocycles. The van der Waals surface area contributed by atoms with Crippen molar-refractivity contribution >= 4 is 64.9 Å². The van der Waals surface area contributed by atoms with Crippen LogP contribution in [0.1, 0.15) is 5.56 Å². The molecule has 0 aliphatic carbocycles. The van der Waals surface area contributed by atoms with Crippen molar-refractivity contribution in [2.45, 2.75) is 5.33 Å². The van der Waals surface area contributed by atoms with E-state index in [1.54, 1.807) is 11.3 Å². The first-order chi connectivity index (χ1) is 6.24. The van der Waals surface area contributed by atoms with E-state index in [1.807, 2.05) is 0 Å². The molecule has 0 radical (unpaired) electrons. The smallest absolute Gasteiger partial charge is 0.0603 e. The summed E-state index contributed by atoms with van der Waals surface area (Å²) in [6.07, 6.45) is 0. The summed E-state index contributed by atoms with van der Waals surface area (Å²) in [6.45, 7) is 0. The van der Waals surface area contributed by atoms with Gasteiger partial charge in [0.15, 0.2) is 0 Å². The second-order valence-corrected chi connectivity index (χ2v) is 5.33. The van der Waals surface area contributed by atoms with Crippen LogP contribution in [-0.2, 0) is 5.33 Å². The lowest BCUT2D eigenvalue weighted by Gasteiger charge is -2.04. The molecule has 2 rings (SSSR count). The number of thiophene rings is 1. The maximum absolute atomic E-state index is 6.16. The van der Waals surface area contributed by atoms with E-state index < -0.39 is 0 Å². The van der Waals surface area contributed by atoms with Gasteiger partial charge in [0.05, 0.1) is 5.02 Å². The van der Waals surface area contributed by atoms with E-state index in [-0.39, 0.29) is 0 Å². The van der Waals surface area contributed by atoms with Gasteiger partial charge in [0.2, 0.25) is 0 Å². The van der Waals surface area contributed by atoms with Crippen LogP contribution in [0.25, 0.3) is 10.1 Å². The Morgan fingerprint density at radius 1 is 1.46 bits per heavy atom. The maximum Gasteiger partial charge on any atom is 0.0603 e. The third-order valence-electron chi connectivity index (χ3n) is 1.86. The number of hydrogen-bond donors (Lipinski definition) is 0. The third-order valence-corrected chi connectivity index (χ3v) is 4.70. The number of benzene rings is 1. The predicted molar refractivity (Wildman–Crippen MR) is 67.2 cm³/mol. The Hall–Kier alpha value is 0.430. The quantitative estimate of drug-likeness (QED) is 0.625. The van der Waals surface area contributed by atoms with Gasteiger partial charge in [0.25, 0.3) is 0 Å². The van der Waals surface area contributed by atoms with Gasteiger partial charge in [0.1, 0.15) is 0 Å². The highest BCUT2D eigenvalue weighted by Crippen LogP contribution is 2.37. The fraction of sp³-hybridized carbons (Fsp3) is 0.111. The molecule has 0 bridgehead atoms. The zero-order chi connectivity index (χ0) is 9.42. The van der Waals surface area contributed by atoms with E-state index in [0.29, 0.717) is 0 Å². The van der Waals surface area contributed by atoms with Gasteiger partial charge in [-0.1, -0.05) is 27.5 Å². The highest BCUT2D eigenvalue weighted by atomic mass is 79.9. The monoisotopic (exact) mass is 338 g/mol. The van der Waals surface area contributed by atoms with Gasteiger partial charge >= 0.3 is 0 Å². The molecule has 0 nitrogen and oxygen atoms in total.